The first-order valence-electron chi connectivity index (χ1n) is 8.20. The minimum Gasteiger partial charge on any atom is -0.477 e. The molecule has 0 unspecified atom stereocenters. The third-order valence-corrected chi connectivity index (χ3v) is 4.38. The van der Waals surface area contributed by atoms with E-state index in [1.165, 1.54) is 0 Å². The average molecular weight is 316 g/mol. The first-order valence-corrected chi connectivity index (χ1v) is 8.20. The third kappa shape index (κ3) is 2.96. The summed E-state index contributed by atoms with van der Waals surface area (Å²) in [6.07, 6.45) is 4.74. The van der Waals surface area contributed by atoms with Gasteiger partial charge in [0.05, 0.1) is 0 Å². The van der Waals surface area contributed by atoms with Crippen LogP contribution in [-0.2, 0) is 17.6 Å². The van der Waals surface area contributed by atoms with Crippen LogP contribution in [0.3, 0.4) is 0 Å². The van der Waals surface area contributed by atoms with E-state index in [0.29, 0.717) is 12.8 Å². The molecule has 1 aromatic heterocycles. The molecule has 124 valence electrons. The molecule has 1 aliphatic rings. The molecule has 1 amide bonds. The van der Waals surface area contributed by atoms with E-state index >= 15 is 0 Å². The van der Waals surface area contributed by atoms with Gasteiger partial charge in [0.25, 0.3) is 5.91 Å². The highest BCUT2D eigenvalue weighted by Gasteiger charge is 2.25. The number of hydrogen-bond acceptors (Lipinski definition) is 2. The number of aromatic nitrogens is 1. The van der Waals surface area contributed by atoms with Gasteiger partial charge in [-0.25, -0.2) is 4.79 Å². The first kappa shape index (κ1) is 17.1. The molecular formula is C18H24N2O3. The van der Waals surface area contributed by atoms with Crippen molar-refractivity contribution in [2.45, 2.75) is 53.4 Å². The zero-order chi connectivity index (χ0) is 17.1. The summed E-state index contributed by atoms with van der Waals surface area (Å²) in [7, 11) is 0. The van der Waals surface area contributed by atoms with Crippen LogP contribution in [0.25, 0.3) is 6.08 Å². The van der Waals surface area contributed by atoms with Gasteiger partial charge >= 0.3 is 5.97 Å². The topological polar surface area (TPSA) is 82.2 Å². The number of aromatic carboxylic acids is 1. The molecule has 0 fully saturated rings. The Kier molecular flexibility index (Phi) is 5.08. The minimum atomic E-state index is -0.947. The van der Waals surface area contributed by atoms with Crippen molar-refractivity contribution in [1.29, 1.82) is 0 Å². The number of carbonyl (C=O) groups is 2. The third-order valence-electron chi connectivity index (χ3n) is 4.38. The zero-order valence-electron chi connectivity index (χ0n) is 14.2. The highest BCUT2D eigenvalue weighted by Crippen LogP contribution is 2.29. The first-order chi connectivity index (χ1) is 11.0. The van der Waals surface area contributed by atoms with Crippen LogP contribution in [0.1, 0.15) is 67.8 Å². The van der Waals surface area contributed by atoms with Crippen LogP contribution in [0.5, 0.6) is 0 Å². The van der Waals surface area contributed by atoms with E-state index in [0.717, 1.165) is 46.5 Å². The second-order valence-corrected chi connectivity index (χ2v) is 5.56. The van der Waals surface area contributed by atoms with E-state index in [-0.39, 0.29) is 11.6 Å². The molecule has 23 heavy (non-hydrogen) atoms. The molecule has 5 heteroatoms. The smallest absolute Gasteiger partial charge is 0.352 e. The Hall–Kier alpha value is -2.30. The lowest BCUT2D eigenvalue weighted by molar-refractivity contribution is -0.116. The summed E-state index contributed by atoms with van der Waals surface area (Å²) in [4.78, 5) is 26.5. The fourth-order valence-electron chi connectivity index (χ4n) is 3.32. The number of allylic oxidation sites excluding steroid dienone is 1. The zero-order valence-corrected chi connectivity index (χ0v) is 14.2. The van der Waals surface area contributed by atoms with Gasteiger partial charge in [-0.15, -0.1) is 0 Å². The molecule has 1 aliphatic heterocycles. The normalized spacial score (nSPS) is 16.3. The molecule has 0 radical (unpaired) electrons. The Bertz CT molecular complexity index is 708. The Morgan fingerprint density at radius 2 is 1.61 bits per heavy atom. The lowest BCUT2D eigenvalue weighted by atomic mass is 10.0. The second-order valence-electron chi connectivity index (χ2n) is 5.56. The van der Waals surface area contributed by atoms with Gasteiger partial charge in [-0.3, -0.25) is 4.79 Å². The summed E-state index contributed by atoms with van der Waals surface area (Å²) in [6.45, 7) is 7.96. The van der Waals surface area contributed by atoms with Crippen molar-refractivity contribution in [2.24, 2.45) is 0 Å². The van der Waals surface area contributed by atoms with Gasteiger partial charge in [-0.05, 0) is 48.5 Å². The van der Waals surface area contributed by atoms with Crippen molar-refractivity contribution in [2.75, 3.05) is 0 Å². The molecule has 0 atom stereocenters. The SMILES string of the molecule is CCC1=C(CC)/C(=C\c2[nH]c(C(=O)O)c(CC)c2CC)NC1=O. The van der Waals surface area contributed by atoms with Crippen LogP contribution in [-0.4, -0.2) is 22.0 Å². The molecule has 0 saturated carbocycles. The second kappa shape index (κ2) is 6.86. The standard InChI is InChI=1S/C18H24N2O3/c1-5-10-12(7-3)16(18(22)23)19-14(10)9-15-11(6-2)13(8-4)17(21)20-15/h9,19H,5-8H2,1-4H3,(H,20,21)(H,22,23)/b15-9+. The summed E-state index contributed by atoms with van der Waals surface area (Å²) in [5, 5.41) is 12.3. The number of carbonyl (C=O) groups excluding carboxylic acids is 1. The number of H-pyrrole nitrogens is 1. The summed E-state index contributed by atoms with van der Waals surface area (Å²) in [5.41, 5.74) is 5.49. The molecular weight excluding hydrogens is 292 g/mol. The van der Waals surface area contributed by atoms with Crippen LogP contribution in [0, 0.1) is 0 Å². The molecule has 5 nitrogen and oxygen atoms in total. The highest BCUT2D eigenvalue weighted by molar-refractivity contribution is 6.01. The minimum absolute atomic E-state index is 0.0469. The maximum absolute atomic E-state index is 12.1. The lowest BCUT2D eigenvalue weighted by Gasteiger charge is -2.05. The van der Waals surface area contributed by atoms with Gasteiger partial charge in [0.15, 0.2) is 0 Å². The quantitative estimate of drug-likeness (QED) is 0.752. The van der Waals surface area contributed by atoms with Gasteiger partial charge < -0.3 is 15.4 Å². The van der Waals surface area contributed by atoms with Crippen molar-refractivity contribution < 1.29 is 14.7 Å². The van der Waals surface area contributed by atoms with Crippen molar-refractivity contribution in [3.63, 3.8) is 0 Å². The Labute approximate surface area is 136 Å². The summed E-state index contributed by atoms with van der Waals surface area (Å²) in [6, 6.07) is 0. The maximum Gasteiger partial charge on any atom is 0.352 e. The molecule has 2 heterocycles. The van der Waals surface area contributed by atoms with Crippen molar-refractivity contribution in [1.82, 2.24) is 10.3 Å². The number of carboxylic acid groups (broad SMARTS) is 1. The maximum atomic E-state index is 12.1. The van der Waals surface area contributed by atoms with Crippen molar-refractivity contribution in [3.05, 3.63) is 39.4 Å². The molecule has 0 spiro atoms. The van der Waals surface area contributed by atoms with E-state index in [2.05, 4.69) is 10.3 Å². The van der Waals surface area contributed by atoms with Gasteiger partial charge in [0.1, 0.15) is 5.69 Å². The average Bonchev–Trinajstić information content (AvgIpc) is 3.03. The number of nitrogens with one attached hydrogen (secondary N) is 2. The van der Waals surface area contributed by atoms with Gasteiger partial charge in [0, 0.05) is 17.0 Å². The van der Waals surface area contributed by atoms with Crippen LogP contribution >= 0.6 is 0 Å². The van der Waals surface area contributed by atoms with E-state index in [1.807, 2.05) is 33.8 Å². The molecule has 0 saturated heterocycles. The summed E-state index contributed by atoms with van der Waals surface area (Å²) < 4.78 is 0. The fraction of sp³-hybridized carbons (Fsp3) is 0.444. The van der Waals surface area contributed by atoms with Crippen LogP contribution in [0.2, 0.25) is 0 Å². The summed E-state index contributed by atoms with van der Waals surface area (Å²) in [5.74, 6) is -0.994. The number of carboxylic acids is 1. The lowest BCUT2D eigenvalue weighted by Crippen LogP contribution is -2.16. The predicted molar refractivity (Wildman–Crippen MR) is 90.2 cm³/mol. The summed E-state index contributed by atoms with van der Waals surface area (Å²) >= 11 is 0. The molecule has 2 rings (SSSR count). The van der Waals surface area contributed by atoms with E-state index in [4.69, 9.17) is 0 Å². The van der Waals surface area contributed by atoms with Crippen LogP contribution in [0.15, 0.2) is 16.8 Å². The van der Waals surface area contributed by atoms with Crippen LogP contribution < -0.4 is 5.32 Å². The molecule has 1 aromatic rings. The monoisotopic (exact) mass is 316 g/mol. The molecule has 0 aliphatic carbocycles. The van der Waals surface area contributed by atoms with Gasteiger partial charge in [-0.1, -0.05) is 27.7 Å². The Morgan fingerprint density at radius 1 is 1.00 bits per heavy atom. The van der Waals surface area contributed by atoms with E-state index < -0.39 is 5.97 Å². The number of hydrogen-bond donors (Lipinski definition) is 3. The molecule has 0 aromatic carbocycles. The van der Waals surface area contributed by atoms with Gasteiger partial charge in [-0.2, -0.15) is 0 Å². The Morgan fingerprint density at radius 3 is 2.09 bits per heavy atom. The largest absolute Gasteiger partial charge is 0.477 e. The van der Waals surface area contributed by atoms with Crippen LogP contribution in [0.4, 0.5) is 0 Å². The predicted octanol–water partition coefficient (Wildman–Crippen LogP) is 3.43. The Balaban J connectivity index is 2.58. The molecule has 0 bridgehead atoms. The highest BCUT2D eigenvalue weighted by atomic mass is 16.4. The van der Waals surface area contributed by atoms with Gasteiger partial charge in [0.2, 0.25) is 0 Å². The van der Waals surface area contributed by atoms with E-state index in [1.54, 1.807) is 0 Å². The fourth-order valence-corrected chi connectivity index (χ4v) is 3.32. The van der Waals surface area contributed by atoms with Crippen molar-refractivity contribution in [3.8, 4) is 0 Å². The number of amides is 1. The van der Waals surface area contributed by atoms with Crippen molar-refractivity contribution >= 4 is 18.0 Å². The number of aromatic amines is 1. The number of rotatable bonds is 6. The van der Waals surface area contributed by atoms with E-state index in [9.17, 15) is 14.7 Å². The molecule has 3 N–H and O–H groups in total.